The quantitative estimate of drug-likeness (QED) is 0.756. The number of carbonyl (C=O) groups excluding carboxylic acids is 1. The van der Waals surface area contributed by atoms with Gasteiger partial charge in [0.1, 0.15) is 5.69 Å². The van der Waals surface area contributed by atoms with E-state index in [0.29, 0.717) is 5.92 Å². The Morgan fingerprint density at radius 1 is 1.50 bits per heavy atom. The molecule has 1 amide bonds. The number of hydrogen-bond donors (Lipinski definition) is 1. The van der Waals surface area contributed by atoms with E-state index in [9.17, 15) is 9.59 Å². The molecule has 0 aliphatic carbocycles. The second-order valence-corrected chi connectivity index (χ2v) is 4.27. The van der Waals surface area contributed by atoms with Gasteiger partial charge in [0.25, 0.3) is 11.5 Å². The number of nitrogens with one attached hydrogen (secondary N) is 1. The molecule has 2 heterocycles. The molecule has 1 aromatic rings. The molecule has 0 radical (unpaired) electrons. The number of nitrogens with zero attached hydrogens (tertiary/aromatic N) is 2. The molecule has 2 rings (SSSR count). The molecule has 5 heteroatoms. The highest BCUT2D eigenvalue weighted by Gasteiger charge is 2.22. The summed E-state index contributed by atoms with van der Waals surface area (Å²) in [5.41, 5.74) is -0.0537. The fourth-order valence-electron chi connectivity index (χ4n) is 1.86. The minimum absolute atomic E-state index is 0.141. The van der Waals surface area contributed by atoms with Crippen molar-refractivity contribution in [1.82, 2.24) is 14.9 Å². The van der Waals surface area contributed by atoms with Gasteiger partial charge in [-0.3, -0.25) is 9.59 Å². The Balaban J connectivity index is 2.10. The van der Waals surface area contributed by atoms with Crippen molar-refractivity contribution >= 4 is 5.91 Å². The van der Waals surface area contributed by atoms with Crippen molar-refractivity contribution in [1.29, 1.82) is 0 Å². The molecule has 1 saturated heterocycles. The van der Waals surface area contributed by atoms with Gasteiger partial charge in [-0.25, -0.2) is 4.98 Å². The number of hydrogen-bond acceptors (Lipinski definition) is 3. The molecule has 0 atom stereocenters. The van der Waals surface area contributed by atoms with E-state index in [1.54, 1.807) is 4.90 Å². The summed E-state index contributed by atoms with van der Waals surface area (Å²) in [7, 11) is 0. The minimum atomic E-state index is -0.288. The number of aromatic nitrogens is 2. The average molecular weight is 221 g/mol. The van der Waals surface area contributed by atoms with Gasteiger partial charge in [-0.15, -0.1) is 0 Å². The smallest absolute Gasteiger partial charge is 0.272 e. The first-order valence-corrected chi connectivity index (χ1v) is 5.51. The van der Waals surface area contributed by atoms with Crippen molar-refractivity contribution in [2.24, 2.45) is 5.92 Å². The summed E-state index contributed by atoms with van der Waals surface area (Å²) in [4.78, 5) is 31.1. The highest BCUT2D eigenvalue weighted by Crippen LogP contribution is 2.17. The first kappa shape index (κ1) is 10.9. The van der Waals surface area contributed by atoms with E-state index in [4.69, 9.17) is 0 Å². The maximum Gasteiger partial charge on any atom is 0.272 e. The van der Waals surface area contributed by atoms with E-state index in [2.05, 4.69) is 16.9 Å². The predicted octanol–water partition coefficient (Wildman–Crippen LogP) is 0.642. The number of carbonyl (C=O) groups is 1. The molecule has 5 nitrogen and oxygen atoms in total. The first-order chi connectivity index (χ1) is 7.66. The van der Waals surface area contributed by atoms with Crippen LogP contribution < -0.4 is 5.56 Å². The lowest BCUT2D eigenvalue weighted by atomic mass is 9.99. The molecule has 0 aromatic carbocycles. The topological polar surface area (TPSA) is 66.1 Å². The van der Waals surface area contributed by atoms with Gasteiger partial charge in [0.05, 0.1) is 6.33 Å². The fraction of sp³-hybridized carbons (Fsp3) is 0.545. The molecule has 0 bridgehead atoms. The van der Waals surface area contributed by atoms with Crippen LogP contribution in [0.25, 0.3) is 0 Å². The summed E-state index contributed by atoms with van der Waals surface area (Å²) < 4.78 is 0. The van der Waals surface area contributed by atoms with Gasteiger partial charge in [0.2, 0.25) is 0 Å². The van der Waals surface area contributed by atoms with Crippen LogP contribution in [0.15, 0.2) is 17.2 Å². The molecule has 86 valence electrons. The fourth-order valence-corrected chi connectivity index (χ4v) is 1.86. The Kier molecular flexibility index (Phi) is 3.03. The zero-order valence-electron chi connectivity index (χ0n) is 9.27. The van der Waals surface area contributed by atoms with Crippen LogP contribution in [0.3, 0.4) is 0 Å². The molecular formula is C11H15N3O2. The Morgan fingerprint density at radius 3 is 2.81 bits per heavy atom. The van der Waals surface area contributed by atoms with E-state index in [0.717, 1.165) is 25.9 Å². The monoisotopic (exact) mass is 221 g/mol. The van der Waals surface area contributed by atoms with Crippen LogP contribution in [-0.4, -0.2) is 33.9 Å². The standard InChI is InChI=1S/C11H15N3O2/c1-8-2-4-14(5-3-8)11(16)9-6-10(15)13-7-12-9/h6-8H,2-5H2,1H3,(H,12,13,15). The highest BCUT2D eigenvalue weighted by atomic mass is 16.2. The lowest BCUT2D eigenvalue weighted by Crippen LogP contribution is -2.38. The zero-order chi connectivity index (χ0) is 11.5. The van der Waals surface area contributed by atoms with Gasteiger partial charge in [0.15, 0.2) is 0 Å². The van der Waals surface area contributed by atoms with Crippen LogP contribution in [0, 0.1) is 5.92 Å². The van der Waals surface area contributed by atoms with E-state index < -0.39 is 0 Å². The van der Waals surface area contributed by atoms with Crippen molar-refractivity contribution in [2.45, 2.75) is 19.8 Å². The van der Waals surface area contributed by atoms with Gasteiger partial charge in [-0.05, 0) is 18.8 Å². The normalized spacial score (nSPS) is 17.4. The summed E-state index contributed by atoms with van der Waals surface area (Å²) in [6.45, 7) is 3.70. The number of H-pyrrole nitrogens is 1. The van der Waals surface area contributed by atoms with Crippen LogP contribution in [-0.2, 0) is 0 Å². The molecule has 1 N–H and O–H groups in total. The van der Waals surface area contributed by atoms with Gasteiger partial charge in [-0.2, -0.15) is 0 Å². The van der Waals surface area contributed by atoms with E-state index >= 15 is 0 Å². The predicted molar refractivity (Wildman–Crippen MR) is 59.2 cm³/mol. The minimum Gasteiger partial charge on any atom is -0.337 e. The third kappa shape index (κ3) is 2.29. The highest BCUT2D eigenvalue weighted by molar-refractivity contribution is 5.92. The number of piperidine rings is 1. The number of likely N-dealkylation sites (tertiary alicyclic amines) is 1. The Morgan fingerprint density at radius 2 is 2.19 bits per heavy atom. The summed E-state index contributed by atoms with van der Waals surface area (Å²) in [5, 5.41) is 0. The lowest BCUT2D eigenvalue weighted by molar-refractivity contribution is 0.0691. The third-order valence-corrected chi connectivity index (χ3v) is 2.97. The van der Waals surface area contributed by atoms with Crippen LogP contribution in [0.1, 0.15) is 30.3 Å². The summed E-state index contributed by atoms with van der Waals surface area (Å²) in [5.74, 6) is 0.536. The largest absolute Gasteiger partial charge is 0.337 e. The lowest BCUT2D eigenvalue weighted by Gasteiger charge is -2.29. The molecule has 0 saturated carbocycles. The maximum absolute atomic E-state index is 12.0. The Bertz CT molecular complexity index is 433. The zero-order valence-corrected chi connectivity index (χ0v) is 9.27. The number of amides is 1. The molecule has 0 unspecified atom stereocenters. The second-order valence-electron chi connectivity index (χ2n) is 4.27. The van der Waals surface area contributed by atoms with Crippen molar-refractivity contribution < 1.29 is 4.79 Å². The van der Waals surface area contributed by atoms with Gasteiger partial charge in [0, 0.05) is 19.2 Å². The maximum atomic E-state index is 12.0. The Hall–Kier alpha value is -1.65. The van der Waals surface area contributed by atoms with Crippen LogP contribution in [0.4, 0.5) is 0 Å². The molecule has 16 heavy (non-hydrogen) atoms. The summed E-state index contributed by atoms with van der Waals surface area (Å²) in [6.07, 6.45) is 3.31. The molecule has 1 aliphatic heterocycles. The molecular weight excluding hydrogens is 206 g/mol. The Labute approximate surface area is 93.5 Å². The molecule has 1 aliphatic rings. The average Bonchev–Trinajstić information content (AvgIpc) is 2.29. The first-order valence-electron chi connectivity index (χ1n) is 5.51. The summed E-state index contributed by atoms with van der Waals surface area (Å²) >= 11 is 0. The second kappa shape index (κ2) is 4.47. The van der Waals surface area contributed by atoms with Crippen molar-refractivity contribution in [3.8, 4) is 0 Å². The van der Waals surface area contributed by atoms with Gasteiger partial charge >= 0.3 is 0 Å². The molecule has 1 aromatic heterocycles. The summed E-state index contributed by atoms with van der Waals surface area (Å²) in [6, 6.07) is 1.25. The van der Waals surface area contributed by atoms with Crippen LogP contribution in [0.5, 0.6) is 0 Å². The van der Waals surface area contributed by atoms with Crippen LogP contribution >= 0.6 is 0 Å². The third-order valence-electron chi connectivity index (χ3n) is 2.97. The molecule has 0 spiro atoms. The molecule has 1 fully saturated rings. The van der Waals surface area contributed by atoms with E-state index in [-0.39, 0.29) is 17.2 Å². The van der Waals surface area contributed by atoms with Gasteiger partial charge in [-0.1, -0.05) is 6.92 Å². The van der Waals surface area contributed by atoms with Crippen molar-refractivity contribution in [3.05, 3.63) is 28.4 Å². The van der Waals surface area contributed by atoms with E-state index in [1.807, 2.05) is 0 Å². The van der Waals surface area contributed by atoms with E-state index in [1.165, 1.54) is 12.4 Å². The number of aromatic amines is 1. The van der Waals surface area contributed by atoms with Crippen molar-refractivity contribution in [3.63, 3.8) is 0 Å². The van der Waals surface area contributed by atoms with Crippen molar-refractivity contribution in [2.75, 3.05) is 13.1 Å². The number of rotatable bonds is 1. The van der Waals surface area contributed by atoms with Crippen LogP contribution in [0.2, 0.25) is 0 Å². The van der Waals surface area contributed by atoms with Gasteiger partial charge < -0.3 is 9.88 Å². The SMILES string of the molecule is CC1CCN(C(=O)c2cc(=O)[nH]cn2)CC1.